The van der Waals surface area contributed by atoms with E-state index < -0.39 is 0 Å². The molecule has 158 valence electrons. The number of hydrogen-bond donors (Lipinski definition) is 0. The summed E-state index contributed by atoms with van der Waals surface area (Å²) in [6, 6.07) is 19.2. The van der Waals surface area contributed by atoms with E-state index in [9.17, 15) is 9.59 Å². The van der Waals surface area contributed by atoms with Gasteiger partial charge in [0.2, 0.25) is 0 Å². The lowest BCUT2D eigenvalue weighted by Crippen LogP contribution is -2.42. The fourth-order valence-corrected chi connectivity index (χ4v) is 5.37. The molecule has 0 N–H and O–H groups in total. The third-order valence-electron chi connectivity index (χ3n) is 6.71. The summed E-state index contributed by atoms with van der Waals surface area (Å²) in [6.07, 6.45) is 3.93. The minimum Gasteiger partial charge on any atom is -0.294 e. The van der Waals surface area contributed by atoms with Crippen LogP contribution in [0, 0.1) is 23.7 Å². The van der Waals surface area contributed by atoms with Gasteiger partial charge in [0.05, 0.1) is 0 Å². The van der Waals surface area contributed by atoms with Gasteiger partial charge < -0.3 is 0 Å². The van der Waals surface area contributed by atoms with Gasteiger partial charge in [-0.1, -0.05) is 112 Å². The average molecular weight is 403 g/mol. The number of benzene rings is 2. The maximum absolute atomic E-state index is 13.7. The highest BCUT2D eigenvalue weighted by Crippen LogP contribution is 2.47. The largest absolute Gasteiger partial charge is 0.294 e. The molecular formula is C28H34O2. The van der Waals surface area contributed by atoms with E-state index >= 15 is 0 Å². The van der Waals surface area contributed by atoms with E-state index in [1.165, 1.54) is 11.1 Å². The Balaban J connectivity index is 2.11. The first-order valence-electron chi connectivity index (χ1n) is 11.4. The van der Waals surface area contributed by atoms with Gasteiger partial charge in [0.15, 0.2) is 11.6 Å². The Morgan fingerprint density at radius 1 is 0.700 bits per heavy atom. The van der Waals surface area contributed by atoms with Crippen LogP contribution in [0.4, 0.5) is 0 Å². The van der Waals surface area contributed by atoms with Crippen molar-refractivity contribution in [3.63, 3.8) is 0 Å². The zero-order valence-electron chi connectivity index (χ0n) is 18.7. The van der Waals surface area contributed by atoms with Gasteiger partial charge >= 0.3 is 0 Å². The van der Waals surface area contributed by atoms with E-state index in [1.54, 1.807) is 0 Å². The van der Waals surface area contributed by atoms with E-state index in [0.717, 1.165) is 36.8 Å². The van der Waals surface area contributed by atoms with Gasteiger partial charge in [-0.3, -0.25) is 9.59 Å². The second kappa shape index (κ2) is 10.0. The molecule has 0 heterocycles. The van der Waals surface area contributed by atoms with E-state index in [1.807, 2.05) is 60.7 Å². The standard InChI is InChI=1S/C28H34O2/c1-5-13-23-19(3)25(27(29)21-15-9-7-10-16-21)20(4)26(24(23)14-6-2)28(30)22-17-11-8-12-18-22/h7-12,15-20,25-26H,5-6,13-14H2,1-4H3/t19-,20-,25-,26+/m0/s1. The fraction of sp³-hybridized carbons (Fsp3) is 0.429. The van der Waals surface area contributed by atoms with Crippen LogP contribution in [-0.4, -0.2) is 11.6 Å². The monoisotopic (exact) mass is 402 g/mol. The predicted molar refractivity (Wildman–Crippen MR) is 124 cm³/mol. The number of rotatable bonds is 8. The van der Waals surface area contributed by atoms with Gasteiger partial charge in [0.1, 0.15) is 0 Å². The Kier molecular flexibility index (Phi) is 7.42. The molecule has 2 heteroatoms. The van der Waals surface area contributed by atoms with Crippen LogP contribution in [0.3, 0.4) is 0 Å². The third kappa shape index (κ3) is 4.33. The molecule has 0 saturated heterocycles. The molecule has 0 unspecified atom stereocenters. The van der Waals surface area contributed by atoms with Gasteiger partial charge in [-0.25, -0.2) is 0 Å². The van der Waals surface area contributed by atoms with Crippen molar-refractivity contribution in [1.29, 1.82) is 0 Å². The Hall–Kier alpha value is -2.48. The number of carbonyl (C=O) groups is 2. The minimum absolute atomic E-state index is 0.0254. The normalized spacial score (nSPS) is 24.0. The van der Waals surface area contributed by atoms with Gasteiger partial charge in [-0.2, -0.15) is 0 Å². The van der Waals surface area contributed by atoms with Crippen LogP contribution in [0.1, 0.15) is 74.1 Å². The number of hydrogen-bond acceptors (Lipinski definition) is 2. The minimum atomic E-state index is -0.220. The summed E-state index contributed by atoms with van der Waals surface area (Å²) < 4.78 is 0. The van der Waals surface area contributed by atoms with Crippen LogP contribution in [0.15, 0.2) is 71.8 Å². The van der Waals surface area contributed by atoms with Crippen molar-refractivity contribution in [2.24, 2.45) is 23.7 Å². The summed E-state index contributed by atoms with van der Waals surface area (Å²) in [5.41, 5.74) is 4.15. The molecule has 0 aliphatic heterocycles. The molecule has 0 fully saturated rings. The number of ketones is 2. The Morgan fingerprint density at radius 2 is 1.17 bits per heavy atom. The lowest BCUT2D eigenvalue weighted by Gasteiger charge is -2.42. The SMILES string of the molecule is CCCC1=C(CCC)[C@H](C)[C@H](C(=O)c2ccccc2)[C@H](C)[C@H]1C(=O)c1ccccc1. The smallest absolute Gasteiger partial charge is 0.170 e. The Labute approximate surface area is 181 Å². The van der Waals surface area contributed by atoms with E-state index in [-0.39, 0.29) is 35.2 Å². The molecule has 0 saturated carbocycles. The van der Waals surface area contributed by atoms with Crippen LogP contribution in [0.5, 0.6) is 0 Å². The van der Waals surface area contributed by atoms with Crippen LogP contribution >= 0.6 is 0 Å². The molecule has 0 radical (unpaired) electrons. The van der Waals surface area contributed by atoms with Crippen LogP contribution in [0.2, 0.25) is 0 Å². The molecule has 1 aliphatic carbocycles. The molecule has 2 aromatic carbocycles. The van der Waals surface area contributed by atoms with Gasteiger partial charge in [0, 0.05) is 23.0 Å². The molecule has 3 rings (SSSR count). The summed E-state index contributed by atoms with van der Waals surface area (Å²) in [6.45, 7) is 8.68. The van der Waals surface area contributed by atoms with Crippen molar-refractivity contribution in [3.05, 3.63) is 82.9 Å². The van der Waals surface area contributed by atoms with E-state index in [4.69, 9.17) is 0 Å². The summed E-state index contributed by atoms with van der Waals surface area (Å²) in [4.78, 5) is 27.3. The molecule has 2 aromatic rings. The van der Waals surface area contributed by atoms with Crippen LogP contribution in [0.25, 0.3) is 0 Å². The Bertz CT molecular complexity index is 895. The molecule has 0 bridgehead atoms. The van der Waals surface area contributed by atoms with E-state index in [0.29, 0.717) is 0 Å². The van der Waals surface area contributed by atoms with Crippen LogP contribution in [-0.2, 0) is 0 Å². The lowest BCUT2D eigenvalue weighted by molar-refractivity contribution is 0.0714. The zero-order chi connectivity index (χ0) is 21.7. The molecular weight excluding hydrogens is 368 g/mol. The molecule has 2 nitrogen and oxygen atoms in total. The zero-order valence-corrected chi connectivity index (χ0v) is 18.7. The van der Waals surface area contributed by atoms with Crippen LogP contribution < -0.4 is 0 Å². The van der Waals surface area contributed by atoms with Crippen molar-refractivity contribution in [3.8, 4) is 0 Å². The topological polar surface area (TPSA) is 34.1 Å². The second-order valence-corrected chi connectivity index (χ2v) is 8.66. The molecule has 30 heavy (non-hydrogen) atoms. The third-order valence-corrected chi connectivity index (χ3v) is 6.71. The number of carbonyl (C=O) groups excluding carboxylic acids is 2. The maximum Gasteiger partial charge on any atom is 0.170 e. The molecule has 0 amide bonds. The molecule has 1 aliphatic rings. The summed E-state index contributed by atoms with van der Waals surface area (Å²) in [5, 5.41) is 0. The van der Waals surface area contributed by atoms with Gasteiger partial charge in [-0.05, 0) is 24.7 Å². The highest BCUT2D eigenvalue weighted by atomic mass is 16.1. The van der Waals surface area contributed by atoms with Gasteiger partial charge in [-0.15, -0.1) is 0 Å². The van der Waals surface area contributed by atoms with E-state index in [2.05, 4.69) is 27.7 Å². The highest BCUT2D eigenvalue weighted by molar-refractivity contribution is 6.02. The fourth-order valence-electron chi connectivity index (χ4n) is 5.37. The lowest BCUT2D eigenvalue weighted by atomic mass is 9.60. The quantitative estimate of drug-likeness (QED) is 0.346. The van der Waals surface area contributed by atoms with Crippen molar-refractivity contribution in [2.75, 3.05) is 0 Å². The summed E-state index contributed by atoms with van der Waals surface area (Å²) >= 11 is 0. The highest BCUT2D eigenvalue weighted by Gasteiger charge is 2.45. The summed E-state index contributed by atoms with van der Waals surface area (Å²) in [5.74, 6) is 0.0788. The average Bonchev–Trinajstić information content (AvgIpc) is 2.77. The Morgan fingerprint density at radius 3 is 1.67 bits per heavy atom. The van der Waals surface area contributed by atoms with Crippen molar-refractivity contribution in [2.45, 2.75) is 53.4 Å². The molecule has 0 spiro atoms. The first kappa shape index (κ1) is 22.2. The van der Waals surface area contributed by atoms with Crippen molar-refractivity contribution >= 4 is 11.6 Å². The van der Waals surface area contributed by atoms with Gasteiger partial charge in [0.25, 0.3) is 0 Å². The van der Waals surface area contributed by atoms with Crippen molar-refractivity contribution < 1.29 is 9.59 Å². The first-order chi connectivity index (χ1) is 14.5. The molecule has 4 atom stereocenters. The predicted octanol–water partition coefficient (Wildman–Crippen LogP) is 7.17. The molecule has 0 aromatic heterocycles. The second-order valence-electron chi connectivity index (χ2n) is 8.66. The number of allylic oxidation sites excluding steroid dienone is 2. The maximum atomic E-state index is 13.7. The summed E-state index contributed by atoms with van der Waals surface area (Å²) in [7, 11) is 0. The van der Waals surface area contributed by atoms with Crippen molar-refractivity contribution in [1.82, 2.24) is 0 Å². The first-order valence-corrected chi connectivity index (χ1v) is 11.4. The number of Topliss-reactive ketones (excluding diaryl/α,β-unsaturated/α-hetero) is 2.